The summed E-state index contributed by atoms with van der Waals surface area (Å²) in [6, 6.07) is 3.45. The Kier molecular flexibility index (Phi) is 3.79. The van der Waals surface area contributed by atoms with E-state index >= 15 is 0 Å². The maximum atomic E-state index is 12.3. The van der Waals surface area contributed by atoms with Gasteiger partial charge in [0.05, 0.1) is 12.0 Å². The predicted octanol–water partition coefficient (Wildman–Crippen LogP) is 1.24. The van der Waals surface area contributed by atoms with Crippen LogP contribution in [0.5, 0.6) is 0 Å². The number of hydrogen-bond acceptors (Lipinski definition) is 4. The molecule has 6 nitrogen and oxygen atoms in total. The van der Waals surface area contributed by atoms with E-state index in [1.54, 1.807) is 12.1 Å². The molecule has 0 fully saturated rings. The Bertz CT molecular complexity index is 616. The molecule has 3 rings (SSSR count). The largest absolute Gasteiger partial charge is 0.459 e. The van der Waals surface area contributed by atoms with Gasteiger partial charge in [0, 0.05) is 38.8 Å². The van der Waals surface area contributed by atoms with E-state index in [9.17, 15) is 4.79 Å². The number of aromatic nitrogens is 2. The van der Waals surface area contributed by atoms with Crippen molar-refractivity contribution in [1.82, 2.24) is 19.4 Å². The first-order valence-electron chi connectivity index (χ1n) is 7.16. The SMILES string of the molecule is CN(C)Cc1cnc2n1CCN(C(=O)c1ccco1)CC2. The van der Waals surface area contributed by atoms with Crippen molar-refractivity contribution in [1.29, 1.82) is 0 Å². The van der Waals surface area contributed by atoms with Crippen molar-refractivity contribution in [3.05, 3.63) is 41.9 Å². The smallest absolute Gasteiger partial charge is 0.289 e. The van der Waals surface area contributed by atoms with E-state index < -0.39 is 0 Å². The number of amides is 1. The van der Waals surface area contributed by atoms with E-state index in [0.29, 0.717) is 18.8 Å². The monoisotopic (exact) mass is 288 g/mol. The van der Waals surface area contributed by atoms with Gasteiger partial charge in [0.2, 0.25) is 0 Å². The van der Waals surface area contributed by atoms with Crippen LogP contribution in [0.2, 0.25) is 0 Å². The summed E-state index contributed by atoms with van der Waals surface area (Å²) < 4.78 is 7.44. The van der Waals surface area contributed by atoms with Gasteiger partial charge < -0.3 is 18.8 Å². The average Bonchev–Trinajstić information content (AvgIpc) is 3.04. The van der Waals surface area contributed by atoms with Crippen molar-refractivity contribution >= 4 is 5.91 Å². The van der Waals surface area contributed by atoms with Crippen molar-refractivity contribution in [2.75, 3.05) is 27.2 Å². The van der Waals surface area contributed by atoms with Gasteiger partial charge >= 0.3 is 0 Å². The number of carbonyl (C=O) groups is 1. The highest BCUT2D eigenvalue weighted by Crippen LogP contribution is 2.15. The molecule has 2 aromatic heterocycles. The second kappa shape index (κ2) is 5.73. The van der Waals surface area contributed by atoms with Crippen LogP contribution in [0.25, 0.3) is 0 Å². The van der Waals surface area contributed by atoms with Crippen molar-refractivity contribution in [2.24, 2.45) is 0 Å². The number of hydrogen-bond donors (Lipinski definition) is 0. The van der Waals surface area contributed by atoms with Crippen LogP contribution in [0.1, 0.15) is 22.1 Å². The topological polar surface area (TPSA) is 54.5 Å². The van der Waals surface area contributed by atoms with E-state index in [1.807, 2.05) is 25.2 Å². The molecule has 1 amide bonds. The first-order valence-corrected chi connectivity index (χ1v) is 7.16. The van der Waals surface area contributed by atoms with Crippen molar-refractivity contribution in [3.63, 3.8) is 0 Å². The number of furan rings is 1. The molecule has 6 heteroatoms. The first-order chi connectivity index (χ1) is 10.1. The van der Waals surface area contributed by atoms with E-state index in [1.165, 1.54) is 12.0 Å². The summed E-state index contributed by atoms with van der Waals surface area (Å²) in [5.74, 6) is 1.42. The van der Waals surface area contributed by atoms with Gasteiger partial charge in [-0.2, -0.15) is 0 Å². The van der Waals surface area contributed by atoms with Gasteiger partial charge in [0.1, 0.15) is 5.82 Å². The zero-order chi connectivity index (χ0) is 14.8. The number of rotatable bonds is 3. The highest BCUT2D eigenvalue weighted by molar-refractivity contribution is 5.91. The van der Waals surface area contributed by atoms with E-state index in [2.05, 4.69) is 14.5 Å². The lowest BCUT2D eigenvalue weighted by Crippen LogP contribution is -2.33. The molecule has 0 aliphatic carbocycles. The maximum absolute atomic E-state index is 12.3. The summed E-state index contributed by atoms with van der Waals surface area (Å²) >= 11 is 0. The predicted molar refractivity (Wildman–Crippen MR) is 77.9 cm³/mol. The zero-order valence-electron chi connectivity index (χ0n) is 12.5. The zero-order valence-corrected chi connectivity index (χ0v) is 12.5. The Morgan fingerprint density at radius 2 is 2.24 bits per heavy atom. The lowest BCUT2D eigenvalue weighted by atomic mass is 10.3. The van der Waals surface area contributed by atoms with Gasteiger partial charge in [0.25, 0.3) is 5.91 Å². The Balaban J connectivity index is 1.74. The van der Waals surface area contributed by atoms with Crippen LogP contribution in [0.15, 0.2) is 29.0 Å². The quantitative estimate of drug-likeness (QED) is 0.852. The molecule has 2 aromatic rings. The molecular weight excluding hydrogens is 268 g/mol. The molecule has 0 radical (unpaired) electrons. The molecule has 0 saturated heterocycles. The van der Waals surface area contributed by atoms with Crippen molar-refractivity contribution in [2.45, 2.75) is 19.5 Å². The van der Waals surface area contributed by atoms with Crippen LogP contribution < -0.4 is 0 Å². The highest BCUT2D eigenvalue weighted by Gasteiger charge is 2.23. The summed E-state index contributed by atoms with van der Waals surface area (Å²) in [4.78, 5) is 20.8. The Labute approximate surface area is 124 Å². The molecule has 0 saturated carbocycles. The standard InChI is InChI=1S/C15H20N4O2/c1-17(2)11-12-10-16-14-5-6-18(7-8-19(12)14)15(20)13-4-3-9-21-13/h3-4,9-10H,5-8,11H2,1-2H3. The normalized spacial score (nSPS) is 15.1. The third-order valence-corrected chi connectivity index (χ3v) is 3.72. The number of imidazole rings is 1. The minimum Gasteiger partial charge on any atom is -0.459 e. The molecule has 21 heavy (non-hydrogen) atoms. The molecule has 0 atom stereocenters. The van der Waals surface area contributed by atoms with Gasteiger partial charge in [-0.1, -0.05) is 0 Å². The van der Waals surface area contributed by atoms with Gasteiger partial charge in [-0.25, -0.2) is 4.98 Å². The lowest BCUT2D eigenvalue weighted by molar-refractivity contribution is 0.0727. The molecule has 3 heterocycles. The van der Waals surface area contributed by atoms with Crippen LogP contribution in [-0.4, -0.2) is 52.4 Å². The number of nitrogens with zero attached hydrogens (tertiary/aromatic N) is 4. The highest BCUT2D eigenvalue weighted by atomic mass is 16.3. The molecular formula is C15H20N4O2. The molecule has 0 aromatic carbocycles. The van der Waals surface area contributed by atoms with E-state index in [0.717, 1.165) is 25.3 Å². The van der Waals surface area contributed by atoms with Gasteiger partial charge in [-0.05, 0) is 26.2 Å². The van der Waals surface area contributed by atoms with Gasteiger partial charge in [-0.3, -0.25) is 4.79 Å². The minimum atomic E-state index is -0.0417. The Morgan fingerprint density at radius 3 is 2.95 bits per heavy atom. The minimum absolute atomic E-state index is 0.0417. The second-order valence-corrected chi connectivity index (χ2v) is 5.57. The summed E-state index contributed by atoms with van der Waals surface area (Å²) in [7, 11) is 4.09. The Morgan fingerprint density at radius 1 is 1.38 bits per heavy atom. The van der Waals surface area contributed by atoms with E-state index in [4.69, 9.17) is 4.42 Å². The molecule has 0 N–H and O–H groups in total. The summed E-state index contributed by atoms with van der Waals surface area (Å²) in [6.07, 6.45) is 4.25. The summed E-state index contributed by atoms with van der Waals surface area (Å²) in [5, 5.41) is 0. The second-order valence-electron chi connectivity index (χ2n) is 5.57. The molecule has 0 unspecified atom stereocenters. The fourth-order valence-electron chi connectivity index (χ4n) is 2.70. The van der Waals surface area contributed by atoms with Crippen LogP contribution in [0.3, 0.4) is 0 Å². The molecule has 1 aliphatic rings. The molecule has 0 bridgehead atoms. The van der Waals surface area contributed by atoms with Crippen LogP contribution in [-0.2, 0) is 19.5 Å². The molecule has 0 spiro atoms. The van der Waals surface area contributed by atoms with E-state index in [-0.39, 0.29) is 5.91 Å². The third-order valence-electron chi connectivity index (χ3n) is 3.72. The third kappa shape index (κ3) is 2.85. The van der Waals surface area contributed by atoms with Gasteiger partial charge in [-0.15, -0.1) is 0 Å². The van der Waals surface area contributed by atoms with Crippen LogP contribution >= 0.6 is 0 Å². The van der Waals surface area contributed by atoms with Crippen molar-refractivity contribution in [3.8, 4) is 0 Å². The van der Waals surface area contributed by atoms with Crippen molar-refractivity contribution < 1.29 is 9.21 Å². The molecule has 1 aliphatic heterocycles. The number of fused-ring (bicyclic) bond motifs is 1. The Hall–Kier alpha value is -2.08. The van der Waals surface area contributed by atoms with Crippen LogP contribution in [0.4, 0.5) is 0 Å². The first kappa shape index (κ1) is 13.9. The fraction of sp³-hybridized carbons (Fsp3) is 0.467. The lowest BCUT2D eigenvalue weighted by Gasteiger charge is -2.19. The fourth-order valence-corrected chi connectivity index (χ4v) is 2.70. The molecule has 112 valence electrons. The average molecular weight is 288 g/mol. The van der Waals surface area contributed by atoms with Crippen LogP contribution in [0, 0.1) is 0 Å². The maximum Gasteiger partial charge on any atom is 0.289 e. The summed E-state index contributed by atoms with van der Waals surface area (Å²) in [6.45, 7) is 3.01. The summed E-state index contributed by atoms with van der Waals surface area (Å²) in [5.41, 5.74) is 1.20. The number of carbonyl (C=O) groups excluding carboxylic acids is 1. The van der Waals surface area contributed by atoms with Gasteiger partial charge in [0.15, 0.2) is 5.76 Å².